The fourth-order valence-corrected chi connectivity index (χ4v) is 6.55. The van der Waals surface area contributed by atoms with E-state index in [2.05, 4.69) is 9.97 Å². The zero-order valence-corrected chi connectivity index (χ0v) is 16.3. The van der Waals surface area contributed by atoms with Gasteiger partial charge < -0.3 is 24.6 Å². The van der Waals surface area contributed by atoms with E-state index in [0.29, 0.717) is 16.9 Å². The molecule has 26 heavy (non-hydrogen) atoms. The summed E-state index contributed by atoms with van der Waals surface area (Å²) < 4.78 is 21.6. The van der Waals surface area contributed by atoms with Crippen LogP contribution >= 0.6 is 6.64 Å². The Morgan fingerprint density at radius 1 is 1.42 bits per heavy atom. The Bertz CT molecular complexity index is 860. The van der Waals surface area contributed by atoms with Crippen LogP contribution in [0.1, 0.15) is 20.1 Å². The zero-order chi connectivity index (χ0) is 18.5. The first-order valence-corrected chi connectivity index (χ1v) is 11.2. The van der Waals surface area contributed by atoms with Crippen molar-refractivity contribution >= 4 is 35.3 Å². The van der Waals surface area contributed by atoms with Crippen LogP contribution in [0.15, 0.2) is 18.6 Å². The van der Waals surface area contributed by atoms with Crippen LogP contribution in [-0.4, -0.2) is 62.3 Å². The highest BCUT2D eigenvalue weighted by atomic mass is 32.5. The van der Waals surface area contributed by atoms with Gasteiger partial charge in [0.1, 0.15) is 23.8 Å². The summed E-state index contributed by atoms with van der Waals surface area (Å²) >= 11 is 5.66. The number of fused-ring (bicyclic) bond motifs is 2. The molecular formula is C15H22N5O4PS. The molecule has 5 atom stereocenters. The van der Waals surface area contributed by atoms with Gasteiger partial charge in [-0.15, -0.1) is 0 Å². The molecule has 2 saturated heterocycles. The van der Waals surface area contributed by atoms with E-state index in [1.807, 2.05) is 18.5 Å². The molecule has 0 amide bonds. The molecule has 2 fully saturated rings. The minimum Gasteiger partial charge on any atom is -0.397 e. The smallest absolute Gasteiger partial charge is 0.264 e. The first-order valence-electron chi connectivity index (χ1n) is 8.57. The number of nitrogens with zero attached hydrogens (tertiary/aromatic N) is 4. The van der Waals surface area contributed by atoms with E-state index in [1.54, 1.807) is 23.2 Å². The van der Waals surface area contributed by atoms with Crippen LogP contribution in [0.2, 0.25) is 0 Å². The number of pyridine rings is 1. The highest BCUT2D eigenvalue weighted by Gasteiger charge is 2.52. The molecule has 0 aliphatic carbocycles. The molecule has 2 aliphatic heterocycles. The van der Waals surface area contributed by atoms with Crippen LogP contribution in [0, 0.1) is 0 Å². The molecule has 11 heteroatoms. The molecule has 0 saturated carbocycles. The van der Waals surface area contributed by atoms with Crippen molar-refractivity contribution in [3.05, 3.63) is 18.6 Å². The molecule has 2 aromatic rings. The Kier molecular flexibility index (Phi) is 4.77. The number of aliphatic hydroxyl groups excluding tert-OH is 1. The molecule has 4 rings (SSSR count). The first-order chi connectivity index (χ1) is 12.5. The van der Waals surface area contributed by atoms with Gasteiger partial charge in [-0.05, 0) is 17.9 Å². The number of hydrogen-bond acceptors (Lipinski definition) is 8. The van der Waals surface area contributed by atoms with E-state index in [1.165, 1.54) is 0 Å². The minimum atomic E-state index is -2.62. The molecule has 3 unspecified atom stereocenters. The second kappa shape index (κ2) is 6.79. The molecular weight excluding hydrogens is 377 g/mol. The molecule has 9 nitrogen and oxygen atoms in total. The predicted octanol–water partition coefficient (Wildman–Crippen LogP) is 1.25. The van der Waals surface area contributed by atoms with E-state index < -0.39 is 31.2 Å². The third kappa shape index (κ3) is 2.77. The van der Waals surface area contributed by atoms with Gasteiger partial charge >= 0.3 is 0 Å². The van der Waals surface area contributed by atoms with Crippen molar-refractivity contribution in [2.45, 2.75) is 38.4 Å². The summed E-state index contributed by atoms with van der Waals surface area (Å²) in [5, 5.41) is 10.9. The molecule has 3 N–H and O–H groups in total. The molecule has 4 heterocycles. The van der Waals surface area contributed by atoms with Gasteiger partial charge in [0, 0.05) is 19.3 Å². The average Bonchev–Trinajstić information content (AvgIpc) is 3.18. The van der Waals surface area contributed by atoms with Gasteiger partial charge in [-0.2, -0.15) is 0 Å². The molecule has 0 spiro atoms. The zero-order valence-electron chi connectivity index (χ0n) is 14.6. The molecule has 2 aliphatic rings. The normalized spacial score (nSPS) is 34.5. The van der Waals surface area contributed by atoms with E-state index >= 15 is 0 Å². The fraction of sp³-hybridized carbons (Fsp3) is 0.600. The Morgan fingerprint density at radius 2 is 2.19 bits per heavy atom. The van der Waals surface area contributed by atoms with Gasteiger partial charge in [-0.1, -0.05) is 13.8 Å². The van der Waals surface area contributed by atoms with Crippen molar-refractivity contribution in [3.63, 3.8) is 0 Å². The van der Waals surface area contributed by atoms with Crippen LogP contribution < -0.4 is 5.73 Å². The lowest BCUT2D eigenvalue weighted by molar-refractivity contribution is -0.0576. The van der Waals surface area contributed by atoms with Crippen molar-refractivity contribution in [3.8, 4) is 0 Å². The van der Waals surface area contributed by atoms with E-state index in [9.17, 15) is 5.11 Å². The third-order valence-corrected chi connectivity index (χ3v) is 8.32. The topological polar surface area (TPSA) is 108 Å². The molecule has 142 valence electrons. The Balaban J connectivity index is 1.63. The standard InChI is InChI=1S/C15H22N5O4PS/c1-3-19(4-2)25(26)22-7-10-13(24-25)12(21)15(23-10)20-8-18-11-9(16)5-6-17-14(11)20/h5-6,8,10,12-13,15,21H,3-4,7H2,1-2H3,(H2,16,17)/t10-,12?,13?,15-,25?/m1/s1. The molecule has 0 bridgehead atoms. The lowest BCUT2D eigenvalue weighted by Crippen LogP contribution is -2.42. The number of anilines is 1. The summed E-state index contributed by atoms with van der Waals surface area (Å²) in [6.07, 6.45) is 0.609. The summed E-state index contributed by atoms with van der Waals surface area (Å²) in [7, 11) is 0. The third-order valence-electron chi connectivity index (χ3n) is 4.81. The van der Waals surface area contributed by atoms with Crippen molar-refractivity contribution in [2.75, 3.05) is 25.4 Å². The van der Waals surface area contributed by atoms with Gasteiger partial charge in [-0.25, -0.2) is 14.6 Å². The van der Waals surface area contributed by atoms with Crippen LogP contribution in [-0.2, 0) is 25.6 Å². The summed E-state index contributed by atoms with van der Waals surface area (Å²) in [6.45, 7) is 3.12. The maximum absolute atomic E-state index is 10.9. The minimum absolute atomic E-state index is 0.286. The number of nitrogen functional groups attached to an aromatic ring is 1. The van der Waals surface area contributed by atoms with E-state index in [4.69, 9.17) is 31.3 Å². The first kappa shape index (κ1) is 18.2. The second-order valence-electron chi connectivity index (χ2n) is 6.25. The summed E-state index contributed by atoms with van der Waals surface area (Å²) in [5.41, 5.74) is 7.59. The number of imidazole rings is 1. The van der Waals surface area contributed by atoms with Crippen molar-refractivity contribution in [1.82, 2.24) is 19.2 Å². The molecule has 0 radical (unpaired) electrons. The van der Waals surface area contributed by atoms with Gasteiger partial charge in [0.05, 0.1) is 18.6 Å². The van der Waals surface area contributed by atoms with Gasteiger partial charge in [0.2, 0.25) is 0 Å². The van der Waals surface area contributed by atoms with Gasteiger partial charge in [0.25, 0.3) is 6.64 Å². The Morgan fingerprint density at radius 3 is 2.92 bits per heavy atom. The Hall–Kier alpha value is -1.13. The predicted molar refractivity (Wildman–Crippen MR) is 99.9 cm³/mol. The number of nitrogens with two attached hydrogens (primary N) is 1. The second-order valence-corrected chi connectivity index (χ2v) is 9.61. The fourth-order valence-electron chi connectivity index (χ4n) is 3.42. The Labute approximate surface area is 156 Å². The maximum atomic E-state index is 10.9. The highest BCUT2D eigenvalue weighted by Crippen LogP contribution is 2.58. The summed E-state index contributed by atoms with van der Waals surface area (Å²) in [6, 6.07) is 1.68. The number of ether oxygens (including phenoxy) is 1. The van der Waals surface area contributed by atoms with Crippen molar-refractivity contribution in [1.29, 1.82) is 0 Å². The van der Waals surface area contributed by atoms with Crippen LogP contribution in [0.25, 0.3) is 11.2 Å². The quantitative estimate of drug-likeness (QED) is 0.735. The number of aliphatic hydroxyl groups is 1. The highest BCUT2D eigenvalue weighted by molar-refractivity contribution is 8.08. The van der Waals surface area contributed by atoms with Crippen molar-refractivity contribution < 1.29 is 18.9 Å². The lowest BCUT2D eigenvalue weighted by Gasteiger charge is -2.39. The SMILES string of the molecule is CCN(CC)P1(=S)OC[C@H]2O[C@@H](n3cnc4c(N)ccnc43)C(O)C2O1. The number of aromatic nitrogens is 3. The monoisotopic (exact) mass is 399 g/mol. The van der Waals surface area contributed by atoms with E-state index in [0.717, 1.165) is 13.1 Å². The molecule has 0 aromatic carbocycles. The summed E-state index contributed by atoms with van der Waals surface area (Å²) in [4.78, 5) is 8.61. The summed E-state index contributed by atoms with van der Waals surface area (Å²) in [5.74, 6) is 0. The van der Waals surface area contributed by atoms with E-state index in [-0.39, 0.29) is 6.61 Å². The van der Waals surface area contributed by atoms with Crippen LogP contribution in [0.4, 0.5) is 5.69 Å². The van der Waals surface area contributed by atoms with Crippen LogP contribution in [0.3, 0.4) is 0 Å². The number of hydrogen-bond donors (Lipinski definition) is 2. The number of rotatable bonds is 4. The molecule has 2 aromatic heterocycles. The van der Waals surface area contributed by atoms with Crippen molar-refractivity contribution in [2.24, 2.45) is 0 Å². The largest absolute Gasteiger partial charge is 0.397 e. The lowest BCUT2D eigenvalue weighted by atomic mass is 10.1. The van der Waals surface area contributed by atoms with Crippen LogP contribution in [0.5, 0.6) is 0 Å². The average molecular weight is 399 g/mol. The van der Waals surface area contributed by atoms with Gasteiger partial charge in [0.15, 0.2) is 11.9 Å². The van der Waals surface area contributed by atoms with Gasteiger partial charge in [-0.3, -0.25) is 4.57 Å². The maximum Gasteiger partial charge on any atom is 0.264 e.